The van der Waals surface area contributed by atoms with Crippen molar-refractivity contribution in [3.8, 4) is 0 Å². The van der Waals surface area contributed by atoms with Crippen LogP contribution in [-0.4, -0.2) is 5.25 Å². The summed E-state index contributed by atoms with van der Waals surface area (Å²) < 4.78 is 13.8. The van der Waals surface area contributed by atoms with Crippen LogP contribution in [0.3, 0.4) is 0 Å². The Hall–Kier alpha value is -0.540. The standard InChI is InChI=1S/C13H18FNS/c1-9(15)10-6-7-13(12(14)8-10)16-11-4-2-3-5-11/h6-9,11H,2-5,15H2,1H3/t9-/m0/s1. The third-order valence-corrected chi connectivity index (χ3v) is 4.47. The van der Waals surface area contributed by atoms with E-state index in [0.717, 1.165) is 10.5 Å². The lowest BCUT2D eigenvalue weighted by Crippen LogP contribution is -2.05. The van der Waals surface area contributed by atoms with Gasteiger partial charge in [-0.1, -0.05) is 18.9 Å². The van der Waals surface area contributed by atoms with Crippen LogP contribution in [0.25, 0.3) is 0 Å². The summed E-state index contributed by atoms with van der Waals surface area (Å²) in [5, 5.41) is 0.607. The Morgan fingerprint density at radius 2 is 2.06 bits per heavy atom. The minimum absolute atomic E-state index is 0.0972. The highest BCUT2D eigenvalue weighted by molar-refractivity contribution is 8.00. The molecule has 0 amide bonds. The van der Waals surface area contributed by atoms with E-state index in [-0.39, 0.29) is 11.9 Å². The van der Waals surface area contributed by atoms with Gasteiger partial charge in [0.1, 0.15) is 5.82 Å². The fourth-order valence-corrected chi connectivity index (χ4v) is 3.33. The van der Waals surface area contributed by atoms with Gasteiger partial charge in [-0.15, -0.1) is 11.8 Å². The third kappa shape index (κ3) is 2.77. The van der Waals surface area contributed by atoms with Gasteiger partial charge in [0.25, 0.3) is 0 Å². The summed E-state index contributed by atoms with van der Waals surface area (Å²) in [6, 6.07) is 5.28. The van der Waals surface area contributed by atoms with E-state index in [4.69, 9.17) is 5.73 Å². The Balaban J connectivity index is 2.09. The van der Waals surface area contributed by atoms with Crippen LogP contribution in [0.15, 0.2) is 23.1 Å². The highest BCUT2D eigenvalue weighted by Gasteiger charge is 2.18. The van der Waals surface area contributed by atoms with Crippen molar-refractivity contribution < 1.29 is 4.39 Å². The van der Waals surface area contributed by atoms with E-state index in [2.05, 4.69) is 0 Å². The molecule has 0 aromatic heterocycles. The van der Waals surface area contributed by atoms with E-state index in [1.54, 1.807) is 17.8 Å². The molecule has 2 N–H and O–H groups in total. The van der Waals surface area contributed by atoms with Gasteiger partial charge in [0.15, 0.2) is 0 Å². The van der Waals surface area contributed by atoms with Gasteiger partial charge in [0.2, 0.25) is 0 Å². The van der Waals surface area contributed by atoms with Gasteiger partial charge in [0.05, 0.1) is 0 Å². The van der Waals surface area contributed by atoms with Crippen LogP contribution in [0.5, 0.6) is 0 Å². The number of hydrogen-bond donors (Lipinski definition) is 1. The summed E-state index contributed by atoms with van der Waals surface area (Å²) >= 11 is 1.68. The normalized spacial score (nSPS) is 18.9. The fraction of sp³-hybridized carbons (Fsp3) is 0.538. The van der Waals surface area contributed by atoms with Gasteiger partial charge in [-0.25, -0.2) is 4.39 Å². The lowest BCUT2D eigenvalue weighted by Gasteiger charge is -2.11. The zero-order chi connectivity index (χ0) is 11.5. The predicted octanol–water partition coefficient (Wildman–Crippen LogP) is 3.88. The monoisotopic (exact) mass is 239 g/mol. The molecule has 2 rings (SSSR count). The van der Waals surface area contributed by atoms with Gasteiger partial charge >= 0.3 is 0 Å². The minimum atomic E-state index is -0.119. The second kappa shape index (κ2) is 5.19. The number of hydrogen-bond acceptors (Lipinski definition) is 2. The summed E-state index contributed by atoms with van der Waals surface area (Å²) in [5.41, 5.74) is 6.59. The van der Waals surface area contributed by atoms with Gasteiger partial charge < -0.3 is 5.73 Å². The number of nitrogens with two attached hydrogens (primary N) is 1. The zero-order valence-electron chi connectivity index (χ0n) is 9.58. The Morgan fingerprint density at radius 1 is 1.38 bits per heavy atom. The molecule has 88 valence electrons. The van der Waals surface area contributed by atoms with Crippen LogP contribution < -0.4 is 5.73 Å². The Labute approximate surface area is 101 Å². The van der Waals surface area contributed by atoms with Crippen LogP contribution in [0.1, 0.15) is 44.2 Å². The molecular weight excluding hydrogens is 221 g/mol. The summed E-state index contributed by atoms with van der Waals surface area (Å²) in [4.78, 5) is 0.774. The predicted molar refractivity (Wildman–Crippen MR) is 67.1 cm³/mol. The van der Waals surface area contributed by atoms with Crippen LogP contribution in [0, 0.1) is 5.82 Å². The van der Waals surface area contributed by atoms with E-state index in [1.165, 1.54) is 25.7 Å². The van der Waals surface area contributed by atoms with Gasteiger partial charge in [-0.3, -0.25) is 0 Å². The maximum atomic E-state index is 13.8. The number of rotatable bonds is 3. The maximum Gasteiger partial charge on any atom is 0.137 e. The van der Waals surface area contributed by atoms with Crippen LogP contribution >= 0.6 is 11.8 Å². The molecule has 0 saturated heterocycles. The molecule has 1 aromatic rings. The average molecular weight is 239 g/mol. The van der Waals surface area contributed by atoms with E-state index < -0.39 is 0 Å². The molecule has 1 atom stereocenters. The fourth-order valence-electron chi connectivity index (χ4n) is 2.08. The lowest BCUT2D eigenvalue weighted by atomic mass is 10.1. The van der Waals surface area contributed by atoms with Gasteiger partial charge in [-0.2, -0.15) is 0 Å². The van der Waals surface area contributed by atoms with E-state index >= 15 is 0 Å². The first-order valence-corrected chi connectivity index (χ1v) is 6.76. The summed E-state index contributed by atoms with van der Waals surface area (Å²) in [5.74, 6) is -0.119. The highest BCUT2D eigenvalue weighted by Crippen LogP contribution is 2.36. The molecule has 0 bridgehead atoms. The lowest BCUT2D eigenvalue weighted by molar-refractivity contribution is 0.596. The van der Waals surface area contributed by atoms with Crippen molar-refractivity contribution in [2.75, 3.05) is 0 Å². The van der Waals surface area contributed by atoms with Crippen molar-refractivity contribution in [2.24, 2.45) is 5.73 Å². The first-order chi connectivity index (χ1) is 7.66. The number of benzene rings is 1. The molecule has 1 aliphatic rings. The molecule has 1 aromatic carbocycles. The molecular formula is C13H18FNS. The van der Waals surface area contributed by atoms with E-state index in [9.17, 15) is 4.39 Å². The quantitative estimate of drug-likeness (QED) is 0.866. The Bertz CT molecular complexity index is 359. The second-order valence-corrected chi connectivity index (χ2v) is 5.85. The third-order valence-electron chi connectivity index (χ3n) is 3.08. The van der Waals surface area contributed by atoms with Crippen molar-refractivity contribution in [1.29, 1.82) is 0 Å². The topological polar surface area (TPSA) is 26.0 Å². The van der Waals surface area contributed by atoms with E-state index in [1.807, 2.05) is 19.1 Å². The summed E-state index contributed by atoms with van der Waals surface area (Å²) in [6.45, 7) is 1.87. The second-order valence-electron chi connectivity index (χ2n) is 4.50. The molecule has 1 nitrogen and oxygen atoms in total. The average Bonchev–Trinajstić information content (AvgIpc) is 2.73. The zero-order valence-corrected chi connectivity index (χ0v) is 10.4. The SMILES string of the molecule is C[C@H](N)c1ccc(SC2CCCC2)c(F)c1. The van der Waals surface area contributed by atoms with Gasteiger partial charge in [-0.05, 0) is 37.5 Å². The van der Waals surface area contributed by atoms with Crippen LogP contribution in [0.4, 0.5) is 4.39 Å². The maximum absolute atomic E-state index is 13.8. The summed E-state index contributed by atoms with van der Waals surface area (Å²) in [6.07, 6.45) is 5.02. The minimum Gasteiger partial charge on any atom is -0.324 e. The van der Waals surface area contributed by atoms with Crippen molar-refractivity contribution in [1.82, 2.24) is 0 Å². The molecule has 3 heteroatoms. The first kappa shape index (κ1) is 11.9. The molecule has 0 aliphatic heterocycles. The van der Waals surface area contributed by atoms with Gasteiger partial charge in [0, 0.05) is 16.2 Å². The number of halogens is 1. The van der Waals surface area contributed by atoms with Crippen molar-refractivity contribution in [3.05, 3.63) is 29.6 Å². The first-order valence-electron chi connectivity index (χ1n) is 5.88. The molecule has 16 heavy (non-hydrogen) atoms. The molecule has 1 saturated carbocycles. The molecule has 0 unspecified atom stereocenters. The molecule has 1 aliphatic carbocycles. The molecule has 0 radical (unpaired) electrons. The Kier molecular flexibility index (Phi) is 3.87. The number of thioether (sulfide) groups is 1. The van der Waals surface area contributed by atoms with Crippen LogP contribution in [-0.2, 0) is 0 Å². The van der Waals surface area contributed by atoms with Crippen molar-refractivity contribution in [3.63, 3.8) is 0 Å². The summed E-state index contributed by atoms with van der Waals surface area (Å²) in [7, 11) is 0. The smallest absolute Gasteiger partial charge is 0.137 e. The van der Waals surface area contributed by atoms with Crippen molar-refractivity contribution in [2.45, 2.75) is 48.8 Å². The molecule has 0 heterocycles. The van der Waals surface area contributed by atoms with E-state index in [0.29, 0.717) is 5.25 Å². The van der Waals surface area contributed by atoms with Crippen molar-refractivity contribution >= 4 is 11.8 Å². The van der Waals surface area contributed by atoms with Crippen LogP contribution in [0.2, 0.25) is 0 Å². The highest BCUT2D eigenvalue weighted by atomic mass is 32.2. The molecule has 1 fully saturated rings. The Morgan fingerprint density at radius 3 is 2.62 bits per heavy atom. The largest absolute Gasteiger partial charge is 0.324 e. The molecule has 0 spiro atoms.